The molecule has 19 heavy (non-hydrogen) atoms. The number of Topliss-reactive ketones (excluding diaryl/α,β-unsaturated/α-hetero) is 1. The van der Waals surface area contributed by atoms with Gasteiger partial charge in [0.2, 0.25) is 0 Å². The lowest BCUT2D eigenvalue weighted by molar-refractivity contribution is -0.146. The second-order valence-electron chi connectivity index (χ2n) is 6.27. The molecule has 0 radical (unpaired) electrons. The van der Waals surface area contributed by atoms with Gasteiger partial charge in [-0.15, -0.1) is 0 Å². The number of carbonyl (C=O) groups is 1. The molecule has 110 valence electrons. The Hall–Kier alpha value is -0.420. The molecule has 2 aliphatic carbocycles. The van der Waals surface area contributed by atoms with Crippen LogP contribution in [0.3, 0.4) is 0 Å². The molecule has 0 heterocycles. The number of hydrogen-bond donors (Lipinski definition) is 1. The highest BCUT2D eigenvalue weighted by molar-refractivity contribution is 7.91. The molecule has 1 N–H and O–H groups in total. The highest BCUT2D eigenvalue weighted by Crippen LogP contribution is 2.36. The first-order valence-corrected chi connectivity index (χ1v) is 9.24. The summed E-state index contributed by atoms with van der Waals surface area (Å²) in [5, 5.41) is 10.1. The molecule has 0 spiro atoms. The first-order chi connectivity index (χ1) is 8.83. The first-order valence-electron chi connectivity index (χ1n) is 7.28. The molecule has 0 aromatic heterocycles. The van der Waals surface area contributed by atoms with Crippen LogP contribution in [-0.2, 0) is 14.6 Å². The predicted molar refractivity (Wildman–Crippen MR) is 73.6 cm³/mol. The third-order valence-electron chi connectivity index (χ3n) is 4.74. The third kappa shape index (κ3) is 3.37. The summed E-state index contributed by atoms with van der Waals surface area (Å²) in [4.78, 5) is 12.5. The van der Waals surface area contributed by atoms with Gasteiger partial charge in [-0.3, -0.25) is 4.79 Å². The van der Waals surface area contributed by atoms with E-state index in [1.54, 1.807) is 0 Å². The van der Waals surface area contributed by atoms with E-state index in [1.165, 1.54) is 6.26 Å². The molecule has 2 unspecified atom stereocenters. The lowest BCUT2D eigenvalue weighted by Crippen LogP contribution is -2.46. The lowest BCUT2D eigenvalue weighted by Gasteiger charge is -2.36. The van der Waals surface area contributed by atoms with Crippen molar-refractivity contribution in [1.82, 2.24) is 0 Å². The van der Waals surface area contributed by atoms with E-state index in [-0.39, 0.29) is 11.7 Å². The molecule has 0 aromatic rings. The molecule has 5 heteroatoms. The van der Waals surface area contributed by atoms with Crippen molar-refractivity contribution in [2.24, 2.45) is 5.92 Å². The molecule has 2 rings (SSSR count). The zero-order chi connectivity index (χ0) is 14.1. The Morgan fingerprint density at radius 1 is 1.11 bits per heavy atom. The number of sulfone groups is 1. The Labute approximate surface area is 115 Å². The summed E-state index contributed by atoms with van der Waals surface area (Å²) in [6.07, 6.45) is 7.76. The van der Waals surface area contributed by atoms with E-state index < -0.39 is 20.7 Å². The van der Waals surface area contributed by atoms with Crippen LogP contribution in [0.15, 0.2) is 0 Å². The summed E-state index contributed by atoms with van der Waals surface area (Å²) in [7, 11) is -3.08. The summed E-state index contributed by atoms with van der Waals surface area (Å²) in [5.41, 5.74) is -1.18. The van der Waals surface area contributed by atoms with Gasteiger partial charge < -0.3 is 5.11 Å². The van der Waals surface area contributed by atoms with E-state index in [2.05, 4.69) is 0 Å². The standard InChI is InChI=1S/C14H24O4S/c1-19(17,18)12-7-5-6-11(10-12)13(15)14(16)8-3-2-4-9-14/h11-12,16H,2-10H2,1H3. The molecule has 0 aromatic carbocycles. The van der Waals surface area contributed by atoms with Crippen molar-refractivity contribution in [3.05, 3.63) is 0 Å². The summed E-state index contributed by atoms with van der Waals surface area (Å²) in [6.45, 7) is 0. The first kappa shape index (κ1) is 15.0. The number of rotatable bonds is 3. The van der Waals surface area contributed by atoms with Crippen molar-refractivity contribution < 1.29 is 18.3 Å². The Morgan fingerprint density at radius 2 is 1.74 bits per heavy atom. The van der Waals surface area contributed by atoms with Crippen LogP contribution in [0.25, 0.3) is 0 Å². The molecule has 2 aliphatic rings. The summed E-state index contributed by atoms with van der Waals surface area (Å²) in [5.74, 6) is -0.364. The van der Waals surface area contributed by atoms with Gasteiger partial charge in [0.05, 0.1) is 5.25 Å². The second-order valence-corrected chi connectivity index (χ2v) is 8.60. The van der Waals surface area contributed by atoms with Gasteiger partial charge in [0.15, 0.2) is 5.78 Å². The van der Waals surface area contributed by atoms with Crippen molar-refractivity contribution in [2.75, 3.05) is 6.26 Å². The fourth-order valence-corrected chi connectivity index (χ4v) is 4.71. The average molecular weight is 288 g/mol. The van der Waals surface area contributed by atoms with E-state index in [0.717, 1.165) is 32.1 Å². The number of carbonyl (C=O) groups excluding carboxylic acids is 1. The normalized spacial score (nSPS) is 31.9. The number of hydrogen-bond acceptors (Lipinski definition) is 4. The van der Waals surface area contributed by atoms with Crippen molar-refractivity contribution in [2.45, 2.75) is 68.6 Å². The van der Waals surface area contributed by atoms with Crippen LogP contribution in [0.2, 0.25) is 0 Å². The van der Waals surface area contributed by atoms with Crippen LogP contribution in [0.4, 0.5) is 0 Å². The van der Waals surface area contributed by atoms with E-state index in [4.69, 9.17) is 0 Å². The molecule has 0 aliphatic heterocycles. The minimum atomic E-state index is -3.08. The minimum Gasteiger partial charge on any atom is -0.382 e. The zero-order valence-electron chi connectivity index (χ0n) is 11.6. The zero-order valence-corrected chi connectivity index (χ0v) is 12.4. The SMILES string of the molecule is CS(=O)(=O)C1CCCC(C(=O)C2(O)CCCCC2)C1. The average Bonchev–Trinajstić information content (AvgIpc) is 2.38. The van der Waals surface area contributed by atoms with Gasteiger partial charge in [-0.25, -0.2) is 8.42 Å². The van der Waals surface area contributed by atoms with Gasteiger partial charge in [-0.1, -0.05) is 25.7 Å². The largest absolute Gasteiger partial charge is 0.382 e. The maximum atomic E-state index is 12.5. The molecule has 0 amide bonds. The summed E-state index contributed by atoms with van der Waals surface area (Å²) < 4.78 is 23.3. The molecular formula is C14H24O4S. The highest BCUT2D eigenvalue weighted by atomic mass is 32.2. The molecule has 2 fully saturated rings. The topological polar surface area (TPSA) is 71.4 Å². The molecular weight excluding hydrogens is 264 g/mol. The van der Waals surface area contributed by atoms with Crippen molar-refractivity contribution in [3.8, 4) is 0 Å². The van der Waals surface area contributed by atoms with Gasteiger partial charge in [-0.05, 0) is 32.1 Å². The smallest absolute Gasteiger partial charge is 0.167 e. The van der Waals surface area contributed by atoms with Gasteiger partial charge >= 0.3 is 0 Å². The van der Waals surface area contributed by atoms with Gasteiger partial charge in [0.1, 0.15) is 15.4 Å². The monoisotopic (exact) mass is 288 g/mol. The van der Waals surface area contributed by atoms with Crippen LogP contribution < -0.4 is 0 Å². The van der Waals surface area contributed by atoms with Gasteiger partial charge in [-0.2, -0.15) is 0 Å². The van der Waals surface area contributed by atoms with E-state index >= 15 is 0 Å². The summed E-state index contributed by atoms with van der Waals surface area (Å²) in [6, 6.07) is 0. The molecule has 4 nitrogen and oxygen atoms in total. The Morgan fingerprint density at radius 3 is 2.32 bits per heavy atom. The van der Waals surface area contributed by atoms with Crippen LogP contribution in [0, 0.1) is 5.92 Å². The Balaban J connectivity index is 2.06. The Bertz CT molecular complexity index is 434. The highest BCUT2D eigenvalue weighted by Gasteiger charge is 2.43. The lowest BCUT2D eigenvalue weighted by atomic mass is 9.73. The van der Waals surface area contributed by atoms with Crippen molar-refractivity contribution in [1.29, 1.82) is 0 Å². The summed E-state index contributed by atoms with van der Waals surface area (Å²) >= 11 is 0. The minimum absolute atomic E-state index is 0.0967. The van der Waals surface area contributed by atoms with Crippen LogP contribution in [0.1, 0.15) is 57.8 Å². The molecule has 2 atom stereocenters. The molecule has 0 saturated heterocycles. The fourth-order valence-electron chi connectivity index (χ4n) is 3.53. The maximum Gasteiger partial charge on any atom is 0.167 e. The Kier molecular flexibility index (Phi) is 4.35. The third-order valence-corrected chi connectivity index (χ3v) is 6.38. The second kappa shape index (κ2) is 5.52. The number of ketones is 1. The van der Waals surface area contributed by atoms with E-state index in [1.807, 2.05) is 0 Å². The van der Waals surface area contributed by atoms with Crippen molar-refractivity contribution in [3.63, 3.8) is 0 Å². The van der Waals surface area contributed by atoms with Crippen molar-refractivity contribution >= 4 is 15.6 Å². The predicted octanol–water partition coefficient (Wildman–Crippen LogP) is 1.85. The van der Waals surface area contributed by atoms with Gasteiger partial charge in [0.25, 0.3) is 0 Å². The van der Waals surface area contributed by atoms with Crippen LogP contribution in [-0.4, -0.2) is 36.4 Å². The quantitative estimate of drug-likeness (QED) is 0.860. The van der Waals surface area contributed by atoms with Crippen LogP contribution in [0.5, 0.6) is 0 Å². The molecule has 2 saturated carbocycles. The van der Waals surface area contributed by atoms with Crippen LogP contribution >= 0.6 is 0 Å². The molecule has 0 bridgehead atoms. The maximum absolute atomic E-state index is 12.5. The van der Waals surface area contributed by atoms with Gasteiger partial charge in [0, 0.05) is 12.2 Å². The van der Waals surface area contributed by atoms with E-state index in [9.17, 15) is 18.3 Å². The fraction of sp³-hybridized carbons (Fsp3) is 0.929. The number of aliphatic hydroxyl groups is 1. The van der Waals surface area contributed by atoms with E-state index in [0.29, 0.717) is 25.7 Å².